The Labute approximate surface area is 56.1 Å². The van der Waals surface area contributed by atoms with E-state index >= 15 is 0 Å². The molecule has 0 aromatic carbocycles. The van der Waals surface area contributed by atoms with E-state index in [9.17, 15) is 0 Å². The van der Waals surface area contributed by atoms with Gasteiger partial charge in [-0.15, -0.1) is 0 Å². The Balaban J connectivity index is 3.15. The van der Waals surface area contributed by atoms with Crippen LogP contribution in [0, 0.1) is 0 Å². The van der Waals surface area contributed by atoms with Crippen molar-refractivity contribution in [1.29, 1.82) is 0 Å². The van der Waals surface area contributed by atoms with Crippen LogP contribution in [0.15, 0.2) is 12.2 Å². The van der Waals surface area contributed by atoms with Gasteiger partial charge < -0.3 is 9.84 Å². The molecular formula is C7H14O2. The van der Waals surface area contributed by atoms with Gasteiger partial charge in [0.05, 0.1) is 12.7 Å². The fourth-order valence-electron chi connectivity index (χ4n) is 0.459. The summed E-state index contributed by atoms with van der Waals surface area (Å²) in [5.41, 5.74) is 0. The molecule has 0 aromatic heterocycles. The summed E-state index contributed by atoms with van der Waals surface area (Å²) in [5.74, 6) is 0. The molecule has 0 fully saturated rings. The number of aliphatic hydroxyl groups is 1. The van der Waals surface area contributed by atoms with Crippen LogP contribution in [-0.2, 0) is 4.74 Å². The predicted octanol–water partition coefficient (Wildman–Crippen LogP) is 0.960. The number of methoxy groups -OCH3 is 1. The summed E-state index contributed by atoms with van der Waals surface area (Å²) in [6.07, 6.45) is 4.76. The molecule has 0 bridgehead atoms. The van der Waals surface area contributed by atoms with Gasteiger partial charge in [-0.3, -0.25) is 0 Å². The summed E-state index contributed by atoms with van der Waals surface area (Å²) in [7, 11) is 1.68. The Morgan fingerprint density at radius 2 is 2.22 bits per heavy atom. The van der Waals surface area contributed by atoms with Crippen molar-refractivity contribution in [3.63, 3.8) is 0 Å². The van der Waals surface area contributed by atoms with Crippen LogP contribution in [0.25, 0.3) is 0 Å². The van der Waals surface area contributed by atoms with Gasteiger partial charge in [0, 0.05) is 7.11 Å². The standard InChI is InChI=1S/C7H14O2/c1-7(9-2)5-3-4-6-8/h3-4,7-8H,5-6H2,1-2H3/b4-3+. The van der Waals surface area contributed by atoms with E-state index in [1.807, 2.05) is 13.0 Å². The molecule has 0 heterocycles. The Kier molecular flexibility index (Phi) is 5.57. The number of aliphatic hydroxyl groups excluding tert-OH is 1. The van der Waals surface area contributed by atoms with Gasteiger partial charge in [0.25, 0.3) is 0 Å². The molecule has 0 saturated carbocycles. The van der Waals surface area contributed by atoms with E-state index in [1.54, 1.807) is 13.2 Å². The highest BCUT2D eigenvalue weighted by Gasteiger charge is 1.91. The molecule has 0 aliphatic heterocycles. The van der Waals surface area contributed by atoms with E-state index in [1.165, 1.54) is 0 Å². The van der Waals surface area contributed by atoms with Gasteiger partial charge in [-0.1, -0.05) is 12.2 Å². The highest BCUT2D eigenvalue weighted by atomic mass is 16.5. The second-order valence-corrected chi connectivity index (χ2v) is 1.94. The lowest BCUT2D eigenvalue weighted by atomic mass is 10.3. The molecule has 0 spiro atoms. The molecule has 0 aromatic rings. The second-order valence-electron chi connectivity index (χ2n) is 1.94. The molecule has 1 N–H and O–H groups in total. The Bertz CT molecular complexity index is 79.0. The van der Waals surface area contributed by atoms with E-state index in [2.05, 4.69) is 0 Å². The summed E-state index contributed by atoms with van der Waals surface area (Å²) >= 11 is 0. The lowest BCUT2D eigenvalue weighted by Crippen LogP contribution is -2.01. The molecule has 0 amide bonds. The molecule has 0 radical (unpaired) electrons. The van der Waals surface area contributed by atoms with Gasteiger partial charge in [-0.2, -0.15) is 0 Å². The number of rotatable bonds is 4. The van der Waals surface area contributed by atoms with Crippen molar-refractivity contribution < 1.29 is 9.84 Å². The number of ether oxygens (including phenoxy) is 1. The fraction of sp³-hybridized carbons (Fsp3) is 0.714. The van der Waals surface area contributed by atoms with Crippen molar-refractivity contribution in [2.75, 3.05) is 13.7 Å². The zero-order chi connectivity index (χ0) is 7.11. The highest BCUT2D eigenvalue weighted by molar-refractivity contribution is 4.82. The summed E-state index contributed by atoms with van der Waals surface area (Å²) in [4.78, 5) is 0. The zero-order valence-corrected chi connectivity index (χ0v) is 6.00. The van der Waals surface area contributed by atoms with Gasteiger partial charge >= 0.3 is 0 Å². The third-order valence-electron chi connectivity index (χ3n) is 1.14. The first-order chi connectivity index (χ1) is 4.31. The summed E-state index contributed by atoms with van der Waals surface area (Å²) in [6, 6.07) is 0. The Morgan fingerprint density at radius 1 is 1.56 bits per heavy atom. The van der Waals surface area contributed by atoms with Crippen LogP contribution in [-0.4, -0.2) is 24.9 Å². The Morgan fingerprint density at radius 3 is 2.67 bits per heavy atom. The van der Waals surface area contributed by atoms with E-state index in [4.69, 9.17) is 9.84 Å². The van der Waals surface area contributed by atoms with Gasteiger partial charge in [0.2, 0.25) is 0 Å². The average Bonchev–Trinajstić information content (AvgIpc) is 1.89. The van der Waals surface area contributed by atoms with Crippen LogP contribution in [0.1, 0.15) is 13.3 Å². The quantitative estimate of drug-likeness (QED) is 0.574. The third-order valence-corrected chi connectivity index (χ3v) is 1.14. The van der Waals surface area contributed by atoms with Crippen molar-refractivity contribution in [2.24, 2.45) is 0 Å². The van der Waals surface area contributed by atoms with Crippen LogP contribution >= 0.6 is 0 Å². The smallest absolute Gasteiger partial charge is 0.0612 e. The van der Waals surface area contributed by atoms with E-state index in [0.717, 1.165) is 6.42 Å². The van der Waals surface area contributed by atoms with Gasteiger partial charge in [0.15, 0.2) is 0 Å². The average molecular weight is 130 g/mol. The minimum atomic E-state index is 0.121. The summed E-state index contributed by atoms with van der Waals surface area (Å²) in [6.45, 7) is 2.11. The molecule has 2 heteroatoms. The maximum absolute atomic E-state index is 8.32. The molecule has 0 aliphatic carbocycles. The van der Waals surface area contributed by atoms with E-state index in [0.29, 0.717) is 0 Å². The van der Waals surface area contributed by atoms with Crippen molar-refractivity contribution in [2.45, 2.75) is 19.4 Å². The number of hydrogen-bond acceptors (Lipinski definition) is 2. The SMILES string of the molecule is COC(C)C/C=C/CO. The topological polar surface area (TPSA) is 29.5 Å². The Hall–Kier alpha value is -0.340. The maximum Gasteiger partial charge on any atom is 0.0612 e. The molecular weight excluding hydrogens is 116 g/mol. The predicted molar refractivity (Wildman–Crippen MR) is 37.3 cm³/mol. The molecule has 1 unspecified atom stereocenters. The monoisotopic (exact) mass is 130 g/mol. The zero-order valence-electron chi connectivity index (χ0n) is 6.00. The van der Waals surface area contributed by atoms with Crippen LogP contribution in [0.3, 0.4) is 0 Å². The van der Waals surface area contributed by atoms with E-state index in [-0.39, 0.29) is 12.7 Å². The molecule has 1 atom stereocenters. The minimum absolute atomic E-state index is 0.121. The summed E-state index contributed by atoms with van der Waals surface area (Å²) in [5, 5.41) is 8.32. The van der Waals surface area contributed by atoms with Crippen LogP contribution < -0.4 is 0 Å². The number of hydrogen-bond donors (Lipinski definition) is 1. The first kappa shape index (κ1) is 8.66. The van der Waals surface area contributed by atoms with Crippen LogP contribution in [0.4, 0.5) is 0 Å². The molecule has 0 rings (SSSR count). The first-order valence-electron chi connectivity index (χ1n) is 3.10. The third kappa shape index (κ3) is 5.53. The first-order valence-corrected chi connectivity index (χ1v) is 3.10. The molecule has 0 aliphatic rings. The van der Waals surface area contributed by atoms with Gasteiger partial charge in [-0.05, 0) is 13.3 Å². The van der Waals surface area contributed by atoms with Gasteiger partial charge in [0.1, 0.15) is 0 Å². The molecule has 2 nitrogen and oxygen atoms in total. The minimum Gasteiger partial charge on any atom is -0.392 e. The lowest BCUT2D eigenvalue weighted by Gasteiger charge is -2.03. The normalized spacial score (nSPS) is 14.6. The second kappa shape index (κ2) is 5.79. The van der Waals surface area contributed by atoms with Crippen molar-refractivity contribution in [3.05, 3.63) is 12.2 Å². The van der Waals surface area contributed by atoms with Crippen molar-refractivity contribution >= 4 is 0 Å². The van der Waals surface area contributed by atoms with Crippen molar-refractivity contribution in [1.82, 2.24) is 0 Å². The lowest BCUT2D eigenvalue weighted by molar-refractivity contribution is 0.121. The van der Waals surface area contributed by atoms with Crippen LogP contribution in [0.2, 0.25) is 0 Å². The molecule has 54 valence electrons. The molecule has 0 saturated heterocycles. The van der Waals surface area contributed by atoms with Crippen LogP contribution in [0.5, 0.6) is 0 Å². The maximum atomic E-state index is 8.32. The fourth-order valence-corrected chi connectivity index (χ4v) is 0.459. The van der Waals surface area contributed by atoms with Crippen molar-refractivity contribution in [3.8, 4) is 0 Å². The molecule has 9 heavy (non-hydrogen) atoms. The highest BCUT2D eigenvalue weighted by Crippen LogP contribution is 1.94. The summed E-state index contributed by atoms with van der Waals surface area (Å²) < 4.78 is 4.96. The van der Waals surface area contributed by atoms with E-state index < -0.39 is 0 Å². The largest absolute Gasteiger partial charge is 0.392 e. The van der Waals surface area contributed by atoms with Gasteiger partial charge in [-0.25, -0.2) is 0 Å².